The van der Waals surface area contributed by atoms with Crippen LogP contribution in [0.4, 0.5) is 0 Å². The van der Waals surface area contributed by atoms with Crippen LogP contribution in [0.5, 0.6) is 5.75 Å². The molecule has 1 aromatic carbocycles. The van der Waals surface area contributed by atoms with Gasteiger partial charge in [0.1, 0.15) is 12.4 Å². The first-order chi connectivity index (χ1) is 10.3. The monoisotopic (exact) mass is 288 g/mol. The van der Waals surface area contributed by atoms with Crippen molar-refractivity contribution in [3.63, 3.8) is 0 Å². The molecule has 0 bridgehead atoms. The van der Waals surface area contributed by atoms with Crippen molar-refractivity contribution in [2.45, 2.75) is 57.2 Å². The quantitative estimate of drug-likeness (QED) is 0.795. The Morgan fingerprint density at radius 3 is 2.67 bits per heavy atom. The number of nitrogens with one attached hydrogen (secondary N) is 1. The van der Waals surface area contributed by atoms with Gasteiger partial charge < -0.3 is 15.0 Å². The number of hydrogen-bond acceptors (Lipinski definition) is 3. The van der Waals surface area contributed by atoms with E-state index in [0.29, 0.717) is 0 Å². The molecule has 1 aromatic rings. The molecule has 2 aliphatic rings. The molecule has 2 fully saturated rings. The molecule has 0 unspecified atom stereocenters. The lowest BCUT2D eigenvalue weighted by Gasteiger charge is -2.24. The Morgan fingerprint density at radius 1 is 1.14 bits per heavy atom. The molecule has 0 saturated heterocycles. The standard InChI is InChI=1S/C18H28N2O/c1-20(17-7-3-4-8-17)12-13-21-18-9-5-2-6-15(18)14-19-16-10-11-16/h2,5-6,9,16-17,19H,3-4,7-8,10-14H2,1H3. The molecule has 3 heteroatoms. The molecule has 0 amide bonds. The van der Waals surface area contributed by atoms with Gasteiger partial charge in [0.15, 0.2) is 0 Å². The second-order valence-corrected chi connectivity index (χ2v) is 6.53. The van der Waals surface area contributed by atoms with Gasteiger partial charge in [-0.15, -0.1) is 0 Å². The Morgan fingerprint density at radius 2 is 1.90 bits per heavy atom. The minimum absolute atomic E-state index is 0.742. The van der Waals surface area contributed by atoms with Crippen molar-refractivity contribution < 1.29 is 4.74 Å². The van der Waals surface area contributed by atoms with Gasteiger partial charge >= 0.3 is 0 Å². The van der Waals surface area contributed by atoms with Crippen LogP contribution in [0.25, 0.3) is 0 Å². The summed E-state index contributed by atoms with van der Waals surface area (Å²) in [6.45, 7) is 2.74. The van der Waals surface area contributed by atoms with E-state index in [-0.39, 0.29) is 0 Å². The van der Waals surface area contributed by atoms with E-state index in [1.807, 2.05) is 0 Å². The number of nitrogens with zero attached hydrogens (tertiary/aromatic N) is 1. The fourth-order valence-electron chi connectivity index (χ4n) is 3.16. The first-order valence-corrected chi connectivity index (χ1v) is 8.47. The van der Waals surface area contributed by atoms with E-state index in [1.54, 1.807) is 0 Å². The number of hydrogen-bond donors (Lipinski definition) is 1. The molecule has 2 saturated carbocycles. The Balaban J connectivity index is 1.45. The van der Waals surface area contributed by atoms with Crippen molar-refractivity contribution in [1.82, 2.24) is 10.2 Å². The maximum absolute atomic E-state index is 6.04. The highest BCUT2D eigenvalue weighted by Crippen LogP contribution is 2.24. The van der Waals surface area contributed by atoms with Crippen LogP contribution in [-0.2, 0) is 6.54 Å². The van der Waals surface area contributed by atoms with Crippen LogP contribution in [-0.4, -0.2) is 37.2 Å². The molecule has 0 aromatic heterocycles. The van der Waals surface area contributed by atoms with Crippen LogP contribution in [0.1, 0.15) is 44.1 Å². The highest BCUT2D eigenvalue weighted by molar-refractivity contribution is 5.33. The molecule has 0 spiro atoms. The molecular formula is C18H28N2O. The van der Waals surface area contributed by atoms with Gasteiger partial charge in [0.2, 0.25) is 0 Å². The molecule has 3 nitrogen and oxygen atoms in total. The Hall–Kier alpha value is -1.06. The molecule has 0 heterocycles. The smallest absolute Gasteiger partial charge is 0.123 e. The van der Waals surface area contributed by atoms with Gasteiger partial charge in [-0.3, -0.25) is 0 Å². The highest BCUT2D eigenvalue weighted by Gasteiger charge is 2.21. The number of para-hydroxylation sites is 1. The van der Waals surface area contributed by atoms with Crippen LogP contribution in [0.2, 0.25) is 0 Å². The molecule has 0 atom stereocenters. The number of likely N-dealkylation sites (N-methyl/N-ethyl adjacent to an activating group) is 1. The Kier molecular flexibility index (Phi) is 5.15. The fraction of sp³-hybridized carbons (Fsp3) is 0.667. The molecule has 116 valence electrons. The number of rotatable bonds is 8. The number of ether oxygens (including phenoxy) is 1. The fourth-order valence-corrected chi connectivity index (χ4v) is 3.16. The van der Waals surface area contributed by atoms with E-state index in [2.05, 4.69) is 41.5 Å². The SMILES string of the molecule is CN(CCOc1ccccc1CNC1CC1)C1CCCC1. The van der Waals surface area contributed by atoms with Gasteiger partial charge in [-0.1, -0.05) is 31.0 Å². The summed E-state index contributed by atoms with van der Waals surface area (Å²) in [5.41, 5.74) is 1.29. The Bertz CT molecular complexity index is 439. The molecule has 2 aliphatic carbocycles. The summed E-state index contributed by atoms with van der Waals surface area (Å²) in [4.78, 5) is 2.47. The second kappa shape index (κ2) is 7.28. The van der Waals surface area contributed by atoms with Crippen molar-refractivity contribution in [2.75, 3.05) is 20.2 Å². The third-order valence-corrected chi connectivity index (χ3v) is 4.78. The normalized spacial score (nSPS) is 19.3. The van der Waals surface area contributed by atoms with Crippen molar-refractivity contribution in [1.29, 1.82) is 0 Å². The average Bonchev–Trinajstić information content (AvgIpc) is 3.17. The van der Waals surface area contributed by atoms with Crippen LogP contribution >= 0.6 is 0 Å². The summed E-state index contributed by atoms with van der Waals surface area (Å²) < 4.78 is 6.04. The summed E-state index contributed by atoms with van der Waals surface area (Å²) >= 11 is 0. The van der Waals surface area contributed by atoms with Gasteiger partial charge in [-0.25, -0.2) is 0 Å². The van der Waals surface area contributed by atoms with Crippen molar-refractivity contribution >= 4 is 0 Å². The summed E-state index contributed by atoms with van der Waals surface area (Å²) in [7, 11) is 2.24. The average molecular weight is 288 g/mol. The maximum atomic E-state index is 6.04. The van der Waals surface area contributed by atoms with E-state index >= 15 is 0 Å². The van der Waals surface area contributed by atoms with Gasteiger partial charge in [-0.05, 0) is 38.8 Å². The van der Waals surface area contributed by atoms with Gasteiger partial charge in [0.25, 0.3) is 0 Å². The predicted octanol–water partition coefficient (Wildman–Crippen LogP) is 3.19. The lowest BCUT2D eigenvalue weighted by atomic mass is 10.2. The maximum Gasteiger partial charge on any atom is 0.123 e. The topological polar surface area (TPSA) is 24.5 Å². The Labute approximate surface area is 128 Å². The van der Waals surface area contributed by atoms with Gasteiger partial charge in [0.05, 0.1) is 0 Å². The van der Waals surface area contributed by atoms with E-state index in [4.69, 9.17) is 4.74 Å². The molecular weight excluding hydrogens is 260 g/mol. The highest BCUT2D eigenvalue weighted by atomic mass is 16.5. The lowest BCUT2D eigenvalue weighted by Crippen LogP contribution is -2.32. The summed E-state index contributed by atoms with van der Waals surface area (Å²) in [6, 6.07) is 9.95. The molecule has 0 aliphatic heterocycles. The summed E-state index contributed by atoms with van der Waals surface area (Å²) in [6.07, 6.45) is 8.16. The van der Waals surface area contributed by atoms with Crippen LogP contribution in [0.15, 0.2) is 24.3 Å². The van der Waals surface area contributed by atoms with Crippen LogP contribution in [0.3, 0.4) is 0 Å². The largest absolute Gasteiger partial charge is 0.492 e. The zero-order valence-corrected chi connectivity index (χ0v) is 13.2. The first kappa shape index (κ1) is 14.9. The van der Waals surface area contributed by atoms with Crippen molar-refractivity contribution in [3.8, 4) is 5.75 Å². The van der Waals surface area contributed by atoms with E-state index in [1.165, 1.54) is 44.1 Å². The van der Waals surface area contributed by atoms with E-state index in [9.17, 15) is 0 Å². The molecule has 21 heavy (non-hydrogen) atoms. The van der Waals surface area contributed by atoms with Crippen LogP contribution < -0.4 is 10.1 Å². The predicted molar refractivity (Wildman–Crippen MR) is 86.7 cm³/mol. The van der Waals surface area contributed by atoms with E-state index < -0.39 is 0 Å². The first-order valence-electron chi connectivity index (χ1n) is 8.47. The molecule has 3 rings (SSSR count). The minimum atomic E-state index is 0.742. The van der Waals surface area contributed by atoms with Gasteiger partial charge in [-0.2, -0.15) is 0 Å². The summed E-state index contributed by atoms with van der Waals surface area (Å²) in [5, 5.41) is 3.57. The van der Waals surface area contributed by atoms with Crippen molar-refractivity contribution in [2.24, 2.45) is 0 Å². The lowest BCUT2D eigenvalue weighted by molar-refractivity contribution is 0.192. The zero-order valence-electron chi connectivity index (χ0n) is 13.2. The number of benzene rings is 1. The molecule has 1 N–H and O–H groups in total. The molecule has 0 radical (unpaired) electrons. The van der Waals surface area contributed by atoms with E-state index in [0.717, 1.165) is 37.5 Å². The second-order valence-electron chi connectivity index (χ2n) is 6.53. The van der Waals surface area contributed by atoms with Crippen molar-refractivity contribution in [3.05, 3.63) is 29.8 Å². The zero-order chi connectivity index (χ0) is 14.5. The third-order valence-electron chi connectivity index (χ3n) is 4.78. The van der Waals surface area contributed by atoms with Gasteiger partial charge in [0, 0.05) is 30.7 Å². The summed E-state index contributed by atoms with van der Waals surface area (Å²) in [5.74, 6) is 1.05. The third kappa shape index (κ3) is 4.45. The minimum Gasteiger partial charge on any atom is -0.492 e. The van der Waals surface area contributed by atoms with Crippen LogP contribution in [0, 0.1) is 0 Å².